The second kappa shape index (κ2) is 6.04. The van der Waals surface area contributed by atoms with Crippen molar-refractivity contribution in [2.24, 2.45) is 0 Å². The quantitative estimate of drug-likeness (QED) is 0.770. The maximum Gasteiger partial charge on any atom is 0.258 e. The molecule has 7 nitrogen and oxygen atoms in total. The summed E-state index contributed by atoms with van der Waals surface area (Å²) >= 11 is 0. The van der Waals surface area contributed by atoms with Crippen LogP contribution in [0.3, 0.4) is 0 Å². The SMILES string of the molecule is CN(c1ccccc1)c1ccc(C(=O)Nc2cn[nH]n2)cn1. The van der Waals surface area contributed by atoms with E-state index in [9.17, 15) is 4.79 Å². The number of amides is 1. The summed E-state index contributed by atoms with van der Waals surface area (Å²) in [7, 11) is 1.92. The molecule has 0 saturated heterocycles. The molecule has 0 saturated carbocycles. The Morgan fingerprint density at radius 3 is 2.59 bits per heavy atom. The zero-order chi connectivity index (χ0) is 15.4. The van der Waals surface area contributed by atoms with Gasteiger partial charge in [0.1, 0.15) is 5.82 Å². The predicted octanol–water partition coefficient (Wildman–Crippen LogP) is 2.22. The van der Waals surface area contributed by atoms with Gasteiger partial charge in [0.15, 0.2) is 5.82 Å². The molecule has 7 heteroatoms. The van der Waals surface area contributed by atoms with E-state index >= 15 is 0 Å². The number of nitrogens with zero attached hydrogens (tertiary/aromatic N) is 4. The second-order valence-electron chi connectivity index (χ2n) is 4.61. The number of carbonyl (C=O) groups excluding carboxylic acids is 1. The first-order valence-electron chi connectivity index (χ1n) is 6.66. The van der Waals surface area contributed by atoms with Gasteiger partial charge in [-0.05, 0) is 24.3 Å². The first-order chi connectivity index (χ1) is 10.7. The number of hydrogen-bond donors (Lipinski definition) is 2. The summed E-state index contributed by atoms with van der Waals surface area (Å²) in [6, 6.07) is 13.4. The molecule has 0 aliphatic heterocycles. The average Bonchev–Trinajstić information content (AvgIpc) is 3.08. The van der Waals surface area contributed by atoms with E-state index in [1.165, 1.54) is 12.4 Å². The summed E-state index contributed by atoms with van der Waals surface area (Å²) in [6.07, 6.45) is 2.97. The van der Waals surface area contributed by atoms with Gasteiger partial charge in [0.05, 0.1) is 11.8 Å². The zero-order valence-corrected chi connectivity index (χ0v) is 11.9. The van der Waals surface area contributed by atoms with Gasteiger partial charge in [0, 0.05) is 18.9 Å². The lowest BCUT2D eigenvalue weighted by Crippen LogP contribution is -2.14. The third kappa shape index (κ3) is 2.93. The average molecular weight is 294 g/mol. The Kier molecular flexibility index (Phi) is 3.78. The van der Waals surface area contributed by atoms with Crippen LogP contribution in [0.15, 0.2) is 54.9 Å². The van der Waals surface area contributed by atoms with Gasteiger partial charge in [0.25, 0.3) is 5.91 Å². The van der Waals surface area contributed by atoms with E-state index in [-0.39, 0.29) is 5.91 Å². The number of H-pyrrole nitrogens is 1. The van der Waals surface area contributed by atoms with Crippen LogP contribution < -0.4 is 10.2 Å². The Bertz CT molecular complexity index is 739. The minimum atomic E-state index is -0.282. The molecule has 1 aromatic carbocycles. The van der Waals surface area contributed by atoms with Crippen LogP contribution in [-0.2, 0) is 0 Å². The third-order valence-corrected chi connectivity index (χ3v) is 3.15. The highest BCUT2D eigenvalue weighted by atomic mass is 16.1. The first kappa shape index (κ1) is 13.7. The minimum absolute atomic E-state index is 0.282. The van der Waals surface area contributed by atoms with Crippen LogP contribution in [-0.4, -0.2) is 33.3 Å². The number of pyridine rings is 1. The van der Waals surface area contributed by atoms with Crippen LogP contribution in [0.2, 0.25) is 0 Å². The summed E-state index contributed by atoms with van der Waals surface area (Å²) in [5.41, 5.74) is 1.48. The Balaban J connectivity index is 1.74. The number of carbonyl (C=O) groups is 1. The highest BCUT2D eigenvalue weighted by Crippen LogP contribution is 2.21. The Morgan fingerprint density at radius 2 is 1.95 bits per heavy atom. The highest BCUT2D eigenvalue weighted by Gasteiger charge is 2.10. The third-order valence-electron chi connectivity index (χ3n) is 3.15. The number of aromatic nitrogens is 4. The molecule has 0 bridgehead atoms. The van der Waals surface area contributed by atoms with Gasteiger partial charge in [-0.15, -0.1) is 5.10 Å². The van der Waals surface area contributed by atoms with E-state index in [0.29, 0.717) is 11.4 Å². The summed E-state index contributed by atoms with van der Waals surface area (Å²) in [5.74, 6) is 0.843. The fourth-order valence-corrected chi connectivity index (χ4v) is 1.95. The first-order valence-corrected chi connectivity index (χ1v) is 6.66. The number of anilines is 3. The summed E-state index contributed by atoms with van der Waals surface area (Å²) in [4.78, 5) is 18.3. The molecule has 1 amide bonds. The van der Waals surface area contributed by atoms with Crippen molar-refractivity contribution in [1.82, 2.24) is 20.4 Å². The monoisotopic (exact) mass is 294 g/mol. The van der Waals surface area contributed by atoms with Gasteiger partial charge in [-0.25, -0.2) is 4.98 Å². The molecule has 110 valence electrons. The molecule has 0 atom stereocenters. The molecule has 22 heavy (non-hydrogen) atoms. The van der Waals surface area contributed by atoms with Gasteiger partial charge in [-0.1, -0.05) is 18.2 Å². The molecule has 0 radical (unpaired) electrons. The lowest BCUT2D eigenvalue weighted by Gasteiger charge is -2.18. The van der Waals surface area contributed by atoms with Gasteiger partial charge in [-0.2, -0.15) is 10.3 Å². The van der Waals surface area contributed by atoms with Crippen LogP contribution in [0.5, 0.6) is 0 Å². The smallest absolute Gasteiger partial charge is 0.258 e. The second-order valence-corrected chi connectivity index (χ2v) is 4.61. The van der Waals surface area contributed by atoms with E-state index in [1.54, 1.807) is 12.1 Å². The standard InChI is InChI=1S/C15H14N6O/c1-21(12-5-3-2-4-6-12)14-8-7-11(9-16-14)15(22)18-13-10-17-20-19-13/h2-10H,1H3,(H2,17,18,19,20,22). The zero-order valence-electron chi connectivity index (χ0n) is 11.9. The van der Waals surface area contributed by atoms with Crippen molar-refractivity contribution in [3.8, 4) is 0 Å². The molecular weight excluding hydrogens is 280 g/mol. The number of rotatable bonds is 4. The molecule has 2 N–H and O–H groups in total. The largest absolute Gasteiger partial charge is 0.329 e. The Hall–Kier alpha value is -3.22. The lowest BCUT2D eigenvalue weighted by atomic mass is 10.2. The van der Waals surface area contributed by atoms with Crippen LogP contribution in [0, 0.1) is 0 Å². The molecule has 0 unspecified atom stereocenters. The minimum Gasteiger partial charge on any atom is -0.329 e. The lowest BCUT2D eigenvalue weighted by molar-refractivity contribution is 0.102. The Labute approximate surface area is 127 Å². The van der Waals surface area contributed by atoms with E-state index in [4.69, 9.17) is 0 Å². The van der Waals surface area contributed by atoms with Crippen molar-refractivity contribution < 1.29 is 4.79 Å². The molecule has 3 rings (SSSR count). The van der Waals surface area contributed by atoms with Crippen molar-refractivity contribution in [2.75, 3.05) is 17.3 Å². The summed E-state index contributed by atoms with van der Waals surface area (Å²) < 4.78 is 0. The number of para-hydroxylation sites is 1. The van der Waals surface area contributed by atoms with Crippen molar-refractivity contribution in [3.05, 3.63) is 60.4 Å². The molecule has 2 aromatic heterocycles. The van der Waals surface area contributed by atoms with E-state index in [2.05, 4.69) is 25.7 Å². The number of nitrogens with one attached hydrogen (secondary N) is 2. The summed E-state index contributed by atoms with van der Waals surface area (Å²) in [6.45, 7) is 0. The molecule has 0 aliphatic rings. The van der Waals surface area contributed by atoms with Crippen LogP contribution in [0.1, 0.15) is 10.4 Å². The molecule has 2 heterocycles. The van der Waals surface area contributed by atoms with Crippen molar-refractivity contribution in [3.63, 3.8) is 0 Å². The molecular formula is C15H14N6O. The summed E-state index contributed by atoms with van der Waals surface area (Å²) in [5, 5.41) is 12.5. The van der Waals surface area contributed by atoms with Crippen LogP contribution in [0.25, 0.3) is 0 Å². The van der Waals surface area contributed by atoms with Gasteiger partial charge < -0.3 is 10.2 Å². The normalized spacial score (nSPS) is 10.2. The highest BCUT2D eigenvalue weighted by molar-refractivity contribution is 6.03. The number of aromatic amines is 1. The van der Waals surface area contributed by atoms with E-state index < -0.39 is 0 Å². The molecule has 0 fully saturated rings. The maximum absolute atomic E-state index is 12.0. The molecule has 0 aliphatic carbocycles. The maximum atomic E-state index is 12.0. The van der Waals surface area contributed by atoms with E-state index in [1.807, 2.05) is 42.3 Å². The van der Waals surface area contributed by atoms with Crippen molar-refractivity contribution >= 4 is 23.2 Å². The van der Waals surface area contributed by atoms with Crippen molar-refractivity contribution in [2.45, 2.75) is 0 Å². The van der Waals surface area contributed by atoms with Gasteiger partial charge in [-0.3, -0.25) is 4.79 Å². The molecule has 0 spiro atoms. The van der Waals surface area contributed by atoms with Gasteiger partial charge >= 0.3 is 0 Å². The van der Waals surface area contributed by atoms with Crippen LogP contribution in [0.4, 0.5) is 17.3 Å². The predicted molar refractivity (Wildman–Crippen MR) is 83.1 cm³/mol. The fourth-order valence-electron chi connectivity index (χ4n) is 1.95. The topological polar surface area (TPSA) is 86.8 Å². The fraction of sp³-hybridized carbons (Fsp3) is 0.0667. The number of benzene rings is 1. The van der Waals surface area contributed by atoms with Gasteiger partial charge in [0.2, 0.25) is 0 Å². The van der Waals surface area contributed by atoms with Crippen molar-refractivity contribution in [1.29, 1.82) is 0 Å². The Morgan fingerprint density at radius 1 is 1.14 bits per heavy atom. The number of hydrogen-bond acceptors (Lipinski definition) is 5. The van der Waals surface area contributed by atoms with E-state index in [0.717, 1.165) is 11.5 Å². The molecule has 3 aromatic rings. The van der Waals surface area contributed by atoms with Crippen LogP contribution >= 0.6 is 0 Å².